The summed E-state index contributed by atoms with van der Waals surface area (Å²) in [6.45, 7) is 6.87. The van der Waals surface area contributed by atoms with Crippen molar-refractivity contribution in [2.75, 3.05) is 6.61 Å². The van der Waals surface area contributed by atoms with E-state index in [0.717, 1.165) is 12.8 Å². The summed E-state index contributed by atoms with van der Waals surface area (Å²) >= 11 is 0. The molecule has 1 fully saturated rings. The summed E-state index contributed by atoms with van der Waals surface area (Å²) in [7, 11) is 0. The van der Waals surface area contributed by atoms with Crippen LogP contribution in [0.15, 0.2) is 0 Å². The van der Waals surface area contributed by atoms with Gasteiger partial charge in [0.15, 0.2) is 0 Å². The molecule has 1 aliphatic rings. The molecule has 1 aliphatic carbocycles. The van der Waals surface area contributed by atoms with E-state index in [2.05, 4.69) is 20.8 Å². The van der Waals surface area contributed by atoms with Crippen LogP contribution in [-0.4, -0.2) is 22.9 Å². The molecule has 120 valence electrons. The Hall–Kier alpha value is -0.0800. The zero-order chi connectivity index (χ0) is 15.0. The maximum Gasteiger partial charge on any atom is 0.0577 e. The minimum Gasteiger partial charge on any atom is -0.396 e. The van der Waals surface area contributed by atoms with Crippen LogP contribution < -0.4 is 0 Å². The number of hydrogen-bond donors (Lipinski definition) is 2. The molecule has 2 nitrogen and oxygen atoms in total. The van der Waals surface area contributed by atoms with Crippen LogP contribution in [0.1, 0.15) is 85.0 Å². The summed E-state index contributed by atoms with van der Waals surface area (Å²) in [6.07, 6.45) is 12.4. The molecule has 0 amide bonds. The molecule has 0 bridgehead atoms. The second-order valence-corrected chi connectivity index (χ2v) is 7.46. The molecule has 0 spiro atoms. The molecule has 0 heterocycles. The van der Waals surface area contributed by atoms with E-state index in [-0.39, 0.29) is 18.6 Å². The molecule has 1 rings (SSSR count). The largest absolute Gasteiger partial charge is 0.396 e. The van der Waals surface area contributed by atoms with Crippen molar-refractivity contribution < 1.29 is 10.2 Å². The minimum atomic E-state index is -0.212. The molecule has 1 saturated carbocycles. The average molecular weight is 284 g/mol. The predicted molar refractivity (Wildman–Crippen MR) is 85.7 cm³/mol. The van der Waals surface area contributed by atoms with Crippen molar-refractivity contribution in [3.05, 3.63) is 0 Å². The van der Waals surface area contributed by atoms with Gasteiger partial charge in [-0.15, -0.1) is 0 Å². The molecule has 0 aromatic carbocycles. The highest BCUT2D eigenvalue weighted by Gasteiger charge is 2.38. The van der Waals surface area contributed by atoms with Crippen molar-refractivity contribution in [1.82, 2.24) is 0 Å². The fourth-order valence-corrected chi connectivity index (χ4v) is 3.82. The summed E-state index contributed by atoms with van der Waals surface area (Å²) in [5, 5.41) is 19.6. The van der Waals surface area contributed by atoms with Crippen LogP contribution in [0.25, 0.3) is 0 Å². The number of aliphatic hydroxyl groups is 2. The zero-order valence-corrected chi connectivity index (χ0v) is 13.9. The first-order chi connectivity index (χ1) is 9.52. The fourth-order valence-electron chi connectivity index (χ4n) is 3.82. The average Bonchev–Trinajstić information content (AvgIpc) is 2.42. The molecule has 2 N–H and O–H groups in total. The molecule has 20 heavy (non-hydrogen) atoms. The third kappa shape index (κ3) is 5.73. The van der Waals surface area contributed by atoms with Crippen LogP contribution >= 0.6 is 0 Å². The number of rotatable bonds is 9. The molecule has 4 unspecified atom stereocenters. The van der Waals surface area contributed by atoms with Crippen LogP contribution in [0.5, 0.6) is 0 Å². The Morgan fingerprint density at radius 2 is 1.80 bits per heavy atom. The van der Waals surface area contributed by atoms with E-state index in [1.165, 1.54) is 51.4 Å². The molecule has 2 heteroatoms. The van der Waals surface area contributed by atoms with E-state index in [1.54, 1.807) is 0 Å². The maximum atomic E-state index is 10.4. The smallest absolute Gasteiger partial charge is 0.0577 e. The van der Waals surface area contributed by atoms with E-state index in [0.29, 0.717) is 11.3 Å². The SMILES string of the molecule is CCCCCCCCC1(C)CCC(C(C)CO)C(O)C1. The van der Waals surface area contributed by atoms with Gasteiger partial charge in [-0.3, -0.25) is 0 Å². The van der Waals surface area contributed by atoms with E-state index >= 15 is 0 Å². The van der Waals surface area contributed by atoms with Gasteiger partial charge in [0.2, 0.25) is 0 Å². The van der Waals surface area contributed by atoms with Gasteiger partial charge in [0.25, 0.3) is 0 Å². The lowest BCUT2D eigenvalue weighted by Gasteiger charge is -2.42. The highest BCUT2D eigenvalue weighted by atomic mass is 16.3. The molecule has 0 aliphatic heterocycles. The van der Waals surface area contributed by atoms with Gasteiger partial charge in [0.05, 0.1) is 6.10 Å². The Labute approximate surface area is 126 Å². The van der Waals surface area contributed by atoms with Gasteiger partial charge in [-0.2, -0.15) is 0 Å². The highest BCUT2D eigenvalue weighted by molar-refractivity contribution is 4.89. The van der Waals surface area contributed by atoms with E-state index < -0.39 is 0 Å². The minimum absolute atomic E-state index is 0.204. The monoisotopic (exact) mass is 284 g/mol. The lowest BCUT2D eigenvalue weighted by atomic mass is 9.65. The first kappa shape index (κ1) is 18.0. The van der Waals surface area contributed by atoms with E-state index in [4.69, 9.17) is 0 Å². The van der Waals surface area contributed by atoms with Crippen molar-refractivity contribution >= 4 is 0 Å². The zero-order valence-electron chi connectivity index (χ0n) is 13.9. The van der Waals surface area contributed by atoms with Crippen molar-refractivity contribution in [3.63, 3.8) is 0 Å². The predicted octanol–water partition coefficient (Wildman–Crippen LogP) is 4.53. The topological polar surface area (TPSA) is 40.5 Å². The van der Waals surface area contributed by atoms with Crippen LogP contribution in [0, 0.1) is 17.3 Å². The molecular formula is C18H36O2. The Bertz CT molecular complexity index is 254. The summed E-state index contributed by atoms with van der Waals surface area (Å²) in [4.78, 5) is 0. The second kappa shape index (κ2) is 9.04. The second-order valence-electron chi connectivity index (χ2n) is 7.46. The first-order valence-electron chi connectivity index (χ1n) is 8.81. The van der Waals surface area contributed by atoms with E-state index in [1.807, 2.05) is 0 Å². The van der Waals surface area contributed by atoms with Crippen molar-refractivity contribution in [2.24, 2.45) is 17.3 Å². The Morgan fingerprint density at radius 1 is 1.15 bits per heavy atom. The number of aliphatic hydroxyl groups excluding tert-OH is 2. The Kier molecular flexibility index (Phi) is 8.13. The van der Waals surface area contributed by atoms with Gasteiger partial charge in [-0.1, -0.05) is 59.3 Å². The first-order valence-corrected chi connectivity index (χ1v) is 8.81. The van der Waals surface area contributed by atoms with Gasteiger partial charge in [-0.05, 0) is 42.9 Å². The Balaban J connectivity index is 2.26. The standard InChI is InChI=1S/C18H36O2/c1-4-5-6-7-8-9-11-18(3)12-10-16(15(2)14-19)17(20)13-18/h15-17,19-20H,4-14H2,1-3H3. The summed E-state index contributed by atoms with van der Waals surface area (Å²) < 4.78 is 0. The number of unbranched alkanes of at least 4 members (excludes halogenated alkanes) is 5. The molecular weight excluding hydrogens is 248 g/mol. The summed E-state index contributed by atoms with van der Waals surface area (Å²) in [6, 6.07) is 0. The lowest BCUT2D eigenvalue weighted by molar-refractivity contribution is -0.0267. The van der Waals surface area contributed by atoms with Crippen LogP contribution in [-0.2, 0) is 0 Å². The van der Waals surface area contributed by atoms with Crippen LogP contribution in [0.3, 0.4) is 0 Å². The fraction of sp³-hybridized carbons (Fsp3) is 1.00. The third-order valence-electron chi connectivity index (χ3n) is 5.43. The van der Waals surface area contributed by atoms with Gasteiger partial charge < -0.3 is 10.2 Å². The molecule has 0 aromatic heterocycles. The Morgan fingerprint density at radius 3 is 2.40 bits per heavy atom. The molecule has 0 saturated heterocycles. The van der Waals surface area contributed by atoms with Gasteiger partial charge >= 0.3 is 0 Å². The van der Waals surface area contributed by atoms with Crippen molar-refractivity contribution in [3.8, 4) is 0 Å². The van der Waals surface area contributed by atoms with Crippen LogP contribution in [0.2, 0.25) is 0 Å². The summed E-state index contributed by atoms with van der Waals surface area (Å²) in [5.41, 5.74) is 0.329. The van der Waals surface area contributed by atoms with Crippen LogP contribution in [0.4, 0.5) is 0 Å². The maximum absolute atomic E-state index is 10.4. The lowest BCUT2D eigenvalue weighted by Crippen LogP contribution is -2.39. The molecule has 4 atom stereocenters. The van der Waals surface area contributed by atoms with Crippen molar-refractivity contribution in [1.29, 1.82) is 0 Å². The van der Waals surface area contributed by atoms with Gasteiger partial charge in [0, 0.05) is 6.61 Å². The summed E-state index contributed by atoms with van der Waals surface area (Å²) in [5.74, 6) is 0.543. The van der Waals surface area contributed by atoms with Gasteiger partial charge in [0.1, 0.15) is 0 Å². The van der Waals surface area contributed by atoms with E-state index in [9.17, 15) is 10.2 Å². The van der Waals surface area contributed by atoms with Gasteiger partial charge in [-0.25, -0.2) is 0 Å². The quantitative estimate of drug-likeness (QED) is 0.611. The number of hydrogen-bond acceptors (Lipinski definition) is 2. The molecule has 0 radical (unpaired) electrons. The third-order valence-corrected chi connectivity index (χ3v) is 5.43. The van der Waals surface area contributed by atoms with Crippen molar-refractivity contribution in [2.45, 2.75) is 91.1 Å². The molecule has 0 aromatic rings. The highest BCUT2D eigenvalue weighted by Crippen LogP contribution is 2.44. The normalized spacial score (nSPS) is 32.2.